The Morgan fingerprint density at radius 1 is 0.830 bits per heavy atom. The third kappa shape index (κ3) is 7.57. The van der Waals surface area contributed by atoms with Crippen LogP contribution in [0.1, 0.15) is 67.0 Å². The highest BCUT2D eigenvalue weighted by Crippen LogP contribution is 2.31. The van der Waals surface area contributed by atoms with Crippen LogP contribution >= 0.6 is 0 Å². The number of benzene rings is 4. The Balaban J connectivity index is 1.26. The van der Waals surface area contributed by atoms with Gasteiger partial charge in [-0.1, -0.05) is 92.7 Å². The van der Waals surface area contributed by atoms with Gasteiger partial charge in [0, 0.05) is 25.3 Å². The largest absolute Gasteiger partial charge is 0.457 e. The second kappa shape index (κ2) is 14.7. The van der Waals surface area contributed by atoms with E-state index in [-0.39, 0.29) is 36.1 Å². The average molecular weight is 630 g/mol. The van der Waals surface area contributed by atoms with E-state index in [1.54, 1.807) is 4.90 Å². The summed E-state index contributed by atoms with van der Waals surface area (Å²) in [6.45, 7) is 4.12. The third-order valence-electron chi connectivity index (χ3n) is 9.54. The standard InChI is InChI=1S/C40H43N3O4/c1-3-27(2)38(44)42-36(24-28-20-22-33(23-21-28)47-32-16-5-4-6-17-32)40(46)43-26-31-14-8-7-13-30(31)25-37(43)39(45)41-35-19-11-15-29-12-9-10-18-34(29)35/h4-10,12-14,16-18,20-23,27,35-37H,3,11,15,19,24-26H2,1-2H3,(H,41,45)(H,42,44)/t27-,35-,36+,37?/m1/s1. The van der Waals surface area contributed by atoms with Crippen LogP contribution < -0.4 is 15.4 Å². The van der Waals surface area contributed by atoms with Gasteiger partial charge in [-0.3, -0.25) is 14.4 Å². The van der Waals surface area contributed by atoms with Gasteiger partial charge in [-0.15, -0.1) is 0 Å². The van der Waals surface area contributed by atoms with Gasteiger partial charge in [0.25, 0.3) is 0 Å². The summed E-state index contributed by atoms with van der Waals surface area (Å²) in [6, 6.07) is 31.8. The van der Waals surface area contributed by atoms with Gasteiger partial charge in [0.2, 0.25) is 17.7 Å². The summed E-state index contributed by atoms with van der Waals surface area (Å²) in [4.78, 5) is 43.6. The summed E-state index contributed by atoms with van der Waals surface area (Å²) < 4.78 is 5.96. The summed E-state index contributed by atoms with van der Waals surface area (Å²) >= 11 is 0. The first kappa shape index (κ1) is 32.0. The first-order chi connectivity index (χ1) is 22.9. The molecule has 0 aromatic heterocycles. The summed E-state index contributed by atoms with van der Waals surface area (Å²) in [6.07, 6.45) is 4.22. The van der Waals surface area contributed by atoms with Gasteiger partial charge < -0.3 is 20.3 Å². The van der Waals surface area contributed by atoms with Crippen LogP contribution in [0.4, 0.5) is 0 Å². The lowest BCUT2D eigenvalue weighted by Crippen LogP contribution is -2.58. The van der Waals surface area contributed by atoms with Crippen molar-refractivity contribution in [2.45, 2.75) is 77.0 Å². The summed E-state index contributed by atoms with van der Waals surface area (Å²) in [7, 11) is 0. The van der Waals surface area contributed by atoms with Gasteiger partial charge in [0.05, 0.1) is 6.04 Å². The van der Waals surface area contributed by atoms with Gasteiger partial charge >= 0.3 is 0 Å². The third-order valence-corrected chi connectivity index (χ3v) is 9.54. The van der Waals surface area contributed by atoms with Crippen molar-refractivity contribution in [3.05, 3.63) is 131 Å². The molecule has 0 saturated carbocycles. The molecule has 2 N–H and O–H groups in total. The van der Waals surface area contributed by atoms with Gasteiger partial charge in [-0.25, -0.2) is 0 Å². The molecule has 0 saturated heterocycles. The van der Waals surface area contributed by atoms with Crippen LogP contribution in [0.5, 0.6) is 11.5 Å². The van der Waals surface area contributed by atoms with Crippen LogP contribution in [0.15, 0.2) is 103 Å². The molecule has 2 aliphatic rings. The predicted molar refractivity (Wildman–Crippen MR) is 183 cm³/mol. The van der Waals surface area contributed by atoms with Crippen LogP contribution in [0.25, 0.3) is 0 Å². The van der Waals surface area contributed by atoms with E-state index >= 15 is 0 Å². The number of fused-ring (bicyclic) bond motifs is 2. The Morgan fingerprint density at radius 3 is 2.23 bits per heavy atom. The fraction of sp³-hybridized carbons (Fsp3) is 0.325. The van der Waals surface area contributed by atoms with E-state index in [1.807, 2.05) is 105 Å². The number of nitrogens with zero attached hydrogens (tertiary/aromatic N) is 1. The monoisotopic (exact) mass is 629 g/mol. The number of aryl methyl sites for hydroxylation is 1. The first-order valence-corrected chi connectivity index (χ1v) is 16.8. The maximum absolute atomic E-state index is 14.6. The molecule has 4 atom stereocenters. The lowest BCUT2D eigenvalue weighted by molar-refractivity contribution is -0.145. The Kier molecular flexibility index (Phi) is 10.0. The lowest BCUT2D eigenvalue weighted by atomic mass is 9.87. The maximum Gasteiger partial charge on any atom is 0.246 e. The lowest BCUT2D eigenvalue weighted by Gasteiger charge is -2.39. The smallest absolute Gasteiger partial charge is 0.246 e. The van der Waals surface area contributed by atoms with Crippen LogP contribution in [0.3, 0.4) is 0 Å². The molecule has 7 heteroatoms. The molecule has 4 aromatic rings. The molecule has 0 spiro atoms. The molecule has 1 unspecified atom stereocenters. The van der Waals surface area contributed by atoms with Crippen LogP contribution in [0.2, 0.25) is 0 Å². The van der Waals surface area contributed by atoms with Gasteiger partial charge in [-0.2, -0.15) is 0 Å². The molecule has 3 amide bonds. The fourth-order valence-corrected chi connectivity index (χ4v) is 6.61. The molecule has 47 heavy (non-hydrogen) atoms. The zero-order chi connectivity index (χ0) is 32.8. The molecular formula is C40H43N3O4. The van der Waals surface area contributed by atoms with Crippen molar-refractivity contribution in [2.75, 3.05) is 0 Å². The second-order valence-corrected chi connectivity index (χ2v) is 12.7. The van der Waals surface area contributed by atoms with E-state index in [2.05, 4.69) is 22.8 Å². The van der Waals surface area contributed by atoms with E-state index in [1.165, 1.54) is 5.56 Å². The number of ether oxygens (including phenoxy) is 1. The number of rotatable bonds is 10. The fourth-order valence-electron chi connectivity index (χ4n) is 6.61. The summed E-state index contributed by atoms with van der Waals surface area (Å²) in [5, 5.41) is 6.36. The van der Waals surface area contributed by atoms with Crippen LogP contribution in [-0.2, 0) is 40.2 Å². The van der Waals surface area contributed by atoms with Crippen molar-refractivity contribution in [2.24, 2.45) is 5.92 Å². The van der Waals surface area contributed by atoms with Crippen molar-refractivity contribution in [3.8, 4) is 11.5 Å². The minimum Gasteiger partial charge on any atom is -0.457 e. The number of nitrogens with one attached hydrogen (secondary N) is 2. The van der Waals surface area contributed by atoms with Crippen LogP contribution in [0, 0.1) is 5.92 Å². The Morgan fingerprint density at radius 2 is 1.49 bits per heavy atom. The highest BCUT2D eigenvalue weighted by molar-refractivity contribution is 5.93. The van der Waals surface area contributed by atoms with Crippen molar-refractivity contribution in [1.29, 1.82) is 0 Å². The molecule has 1 aliphatic heterocycles. The number of hydrogen-bond donors (Lipinski definition) is 2. The minimum atomic E-state index is -0.839. The molecule has 242 valence electrons. The number of amides is 3. The quantitative estimate of drug-likeness (QED) is 0.204. The number of hydrogen-bond acceptors (Lipinski definition) is 4. The van der Waals surface area contributed by atoms with E-state index in [4.69, 9.17) is 4.74 Å². The number of carbonyl (C=O) groups is 3. The topological polar surface area (TPSA) is 87.7 Å². The predicted octanol–water partition coefficient (Wildman–Crippen LogP) is 6.70. The number of para-hydroxylation sites is 1. The van der Waals surface area contributed by atoms with E-state index in [0.29, 0.717) is 25.1 Å². The van der Waals surface area contributed by atoms with E-state index in [0.717, 1.165) is 47.3 Å². The molecule has 0 fully saturated rings. The second-order valence-electron chi connectivity index (χ2n) is 12.7. The summed E-state index contributed by atoms with van der Waals surface area (Å²) in [5.74, 6) is 0.571. The zero-order valence-electron chi connectivity index (χ0n) is 27.2. The van der Waals surface area contributed by atoms with Crippen molar-refractivity contribution >= 4 is 17.7 Å². The van der Waals surface area contributed by atoms with Gasteiger partial charge in [-0.05, 0) is 77.8 Å². The minimum absolute atomic E-state index is 0.0981. The molecule has 7 nitrogen and oxygen atoms in total. The Labute approximate surface area is 277 Å². The molecule has 0 radical (unpaired) electrons. The molecule has 6 rings (SSSR count). The highest BCUT2D eigenvalue weighted by atomic mass is 16.5. The highest BCUT2D eigenvalue weighted by Gasteiger charge is 2.39. The average Bonchev–Trinajstić information content (AvgIpc) is 3.11. The van der Waals surface area contributed by atoms with Gasteiger partial charge in [0.1, 0.15) is 23.6 Å². The number of carbonyl (C=O) groups excluding carboxylic acids is 3. The molecular weight excluding hydrogens is 586 g/mol. The summed E-state index contributed by atoms with van der Waals surface area (Å²) in [5.41, 5.74) is 5.38. The van der Waals surface area contributed by atoms with Crippen molar-refractivity contribution in [1.82, 2.24) is 15.5 Å². The van der Waals surface area contributed by atoms with Gasteiger partial charge in [0.15, 0.2) is 0 Å². The first-order valence-electron chi connectivity index (χ1n) is 16.8. The van der Waals surface area contributed by atoms with E-state index < -0.39 is 12.1 Å². The zero-order valence-corrected chi connectivity index (χ0v) is 27.2. The molecule has 0 bridgehead atoms. The van der Waals surface area contributed by atoms with Crippen molar-refractivity contribution < 1.29 is 19.1 Å². The molecule has 4 aromatic carbocycles. The normalized spacial score (nSPS) is 18.2. The molecule has 1 aliphatic carbocycles. The Bertz CT molecular complexity index is 1700. The molecule has 1 heterocycles. The van der Waals surface area contributed by atoms with Crippen LogP contribution in [-0.4, -0.2) is 34.7 Å². The van der Waals surface area contributed by atoms with Crippen molar-refractivity contribution in [3.63, 3.8) is 0 Å². The van der Waals surface area contributed by atoms with E-state index in [9.17, 15) is 14.4 Å². The SMILES string of the molecule is CC[C@@H](C)C(=O)N[C@@H](Cc1ccc(Oc2ccccc2)cc1)C(=O)N1Cc2ccccc2CC1C(=O)N[C@@H]1CCCc2ccccc21. The Hall–Kier alpha value is -4.91. The maximum atomic E-state index is 14.6.